The molecule has 0 amide bonds. The molecule has 0 saturated heterocycles. The third-order valence-corrected chi connectivity index (χ3v) is 8.91. The van der Waals surface area contributed by atoms with Gasteiger partial charge in [-0.05, 0) is 72.4 Å². The highest BCUT2D eigenvalue weighted by Crippen LogP contribution is 2.54. The first-order valence-corrected chi connectivity index (χ1v) is 13.0. The molecule has 0 bridgehead atoms. The number of nitrogens with zero attached hydrogens (tertiary/aromatic N) is 1. The van der Waals surface area contributed by atoms with Crippen LogP contribution in [0.3, 0.4) is 0 Å². The maximum Gasteiger partial charge on any atom is 0.263 e. The Morgan fingerprint density at radius 2 is 1.59 bits per heavy atom. The zero-order valence-electron chi connectivity index (χ0n) is 17.8. The van der Waals surface area contributed by atoms with Gasteiger partial charge in [0, 0.05) is 22.6 Å². The van der Waals surface area contributed by atoms with Crippen molar-refractivity contribution in [1.82, 2.24) is 4.31 Å². The van der Waals surface area contributed by atoms with Gasteiger partial charge in [-0.1, -0.05) is 76.1 Å². The number of hydrogen-bond acceptors (Lipinski definition) is 2. The van der Waals surface area contributed by atoms with Crippen LogP contribution in [0.5, 0.6) is 0 Å². The molecule has 3 nitrogen and oxygen atoms in total. The standard InChI is InChI=1S/C27H24BrNO2S/c1-20-7-13-24(14-8-20)32(30,31)29-18-16-25(21-9-11-23(28)12-10-21)26-15-17-27(26,19-29)22-5-3-2-4-6-22/h2-14,16,18H,15,17,19H2,1H3/t27-/m1/s1. The van der Waals surface area contributed by atoms with E-state index in [9.17, 15) is 8.42 Å². The van der Waals surface area contributed by atoms with E-state index in [1.165, 1.54) is 15.4 Å². The van der Waals surface area contributed by atoms with Crippen LogP contribution in [0.1, 0.15) is 29.5 Å². The molecular weight excluding hydrogens is 482 g/mol. The zero-order valence-corrected chi connectivity index (χ0v) is 20.2. The molecule has 1 aliphatic heterocycles. The van der Waals surface area contributed by atoms with Crippen LogP contribution in [0.15, 0.2) is 106 Å². The minimum Gasteiger partial charge on any atom is -0.272 e. The largest absolute Gasteiger partial charge is 0.272 e. The van der Waals surface area contributed by atoms with E-state index in [0.29, 0.717) is 11.4 Å². The van der Waals surface area contributed by atoms with Crippen molar-refractivity contribution in [1.29, 1.82) is 0 Å². The Morgan fingerprint density at radius 3 is 2.22 bits per heavy atom. The molecule has 3 aromatic rings. The molecule has 0 radical (unpaired) electrons. The summed E-state index contributed by atoms with van der Waals surface area (Å²) in [7, 11) is -3.67. The Morgan fingerprint density at radius 1 is 0.906 bits per heavy atom. The van der Waals surface area contributed by atoms with Gasteiger partial charge in [0.2, 0.25) is 0 Å². The molecule has 0 spiro atoms. The molecule has 1 fully saturated rings. The SMILES string of the molecule is Cc1ccc(S(=O)(=O)N2C=CC(c3ccc(Br)cc3)=C3CC[C@]3(c3ccccc3)C2)cc1. The minimum absolute atomic E-state index is 0.323. The first kappa shape index (κ1) is 21.2. The van der Waals surface area contributed by atoms with Crippen LogP contribution < -0.4 is 0 Å². The van der Waals surface area contributed by atoms with Crippen molar-refractivity contribution >= 4 is 31.5 Å². The molecule has 0 unspecified atom stereocenters. The summed E-state index contributed by atoms with van der Waals surface area (Å²) in [5.74, 6) is 0. The number of halogens is 1. The van der Waals surface area contributed by atoms with Gasteiger partial charge >= 0.3 is 0 Å². The molecule has 162 valence electrons. The summed E-state index contributed by atoms with van der Waals surface area (Å²) in [4.78, 5) is 0.323. The number of allylic oxidation sites excluding steroid dienone is 2. The van der Waals surface area contributed by atoms with Gasteiger partial charge in [-0.2, -0.15) is 0 Å². The second-order valence-corrected chi connectivity index (χ2v) is 11.3. The Labute approximate surface area is 198 Å². The van der Waals surface area contributed by atoms with Crippen molar-refractivity contribution in [2.75, 3.05) is 6.54 Å². The highest BCUT2D eigenvalue weighted by atomic mass is 79.9. The van der Waals surface area contributed by atoms with Gasteiger partial charge in [0.05, 0.1) is 4.90 Å². The van der Waals surface area contributed by atoms with Gasteiger partial charge in [-0.3, -0.25) is 4.31 Å². The summed E-state index contributed by atoms with van der Waals surface area (Å²) in [6, 6.07) is 25.7. The molecule has 2 aliphatic rings. The van der Waals surface area contributed by atoms with E-state index in [-0.39, 0.29) is 5.41 Å². The van der Waals surface area contributed by atoms with Crippen molar-refractivity contribution in [2.45, 2.75) is 30.1 Å². The van der Waals surface area contributed by atoms with Crippen LogP contribution in [-0.2, 0) is 15.4 Å². The second-order valence-electron chi connectivity index (χ2n) is 8.53. The monoisotopic (exact) mass is 505 g/mol. The number of sulfonamides is 1. The Hall–Kier alpha value is -2.63. The van der Waals surface area contributed by atoms with Crippen molar-refractivity contribution in [3.05, 3.63) is 118 Å². The van der Waals surface area contributed by atoms with E-state index in [4.69, 9.17) is 0 Å². The molecule has 3 aromatic carbocycles. The van der Waals surface area contributed by atoms with Crippen molar-refractivity contribution < 1.29 is 8.42 Å². The quantitative estimate of drug-likeness (QED) is 0.407. The first-order chi connectivity index (χ1) is 15.4. The molecule has 1 aliphatic carbocycles. The average molecular weight is 506 g/mol. The van der Waals surface area contributed by atoms with Gasteiger partial charge in [0.15, 0.2) is 0 Å². The Kier molecular flexibility index (Phi) is 5.34. The molecule has 5 heteroatoms. The summed E-state index contributed by atoms with van der Waals surface area (Å²) in [6.07, 6.45) is 5.62. The fraction of sp³-hybridized carbons (Fsp3) is 0.185. The first-order valence-electron chi connectivity index (χ1n) is 10.7. The van der Waals surface area contributed by atoms with Crippen LogP contribution >= 0.6 is 15.9 Å². The van der Waals surface area contributed by atoms with Crippen LogP contribution in [0.2, 0.25) is 0 Å². The Bertz CT molecular complexity index is 1310. The van der Waals surface area contributed by atoms with E-state index in [2.05, 4.69) is 40.2 Å². The zero-order chi connectivity index (χ0) is 22.3. The predicted molar refractivity (Wildman–Crippen MR) is 133 cm³/mol. The lowest BCUT2D eigenvalue weighted by atomic mass is 9.59. The fourth-order valence-corrected chi connectivity index (χ4v) is 6.40. The van der Waals surface area contributed by atoms with E-state index in [1.54, 1.807) is 18.3 Å². The summed E-state index contributed by atoms with van der Waals surface area (Å²) in [5.41, 5.74) is 5.41. The number of hydrogen-bond donors (Lipinski definition) is 0. The molecular formula is C27H24BrNO2S. The highest BCUT2D eigenvalue weighted by Gasteiger charge is 2.48. The molecule has 1 heterocycles. The van der Waals surface area contributed by atoms with E-state index < -0.39 is 10.0 Å². The lowest BCUT2D eigenvalue weighted by molar-refractivity contribution is 0.306. The molecule has 5 rings (SSSR count). The predicted octanol–water partition coefficient (Wildman–Crippen LogP) is 6.46. The molecule has 1 saturated carbocycles. The highest BCUT2D eigenvalue weighted by molar-refractivity contribution is 9.10. The number of rotatable bonds is 4. The summed E-state index contributed by atoms with van der Waals surface area (Å²) in [5, 5.41) is 0. The molecule has 32 heavy (non-hydrogen) atoms. The minimum atomic E-state index is -3.67. The third kappa shape index (κ3) is 3.54. The van der Waals surface area contributed by atoms with Crippen LogP contribution in [-0.4, -0.2) is 19.3 Å². The maximum atomic E-state index is 13.6. The maximum absolute atomic E-state index is 13.6. The number of aryl methyl sites for hydroxylation is 1. The Balaban J connectivity index is 1.66. The number of benzene rings is 3. The number of fused-ring (bicyclic) bond motifs is 1. The van der Waals surface area contributed by atoms with Gasteiger partial charge in [-0.15, -0.1) is 0 Å². The van der Waals surface area contributed by atoms with Crippen molar-refractivity contribution in [2.24, 2.45) is 0 Å². The van der Waals surface area contributed by atoms with E-state index >= 15 is 0 Å². The summed E-state index contributed by atoms with van der Waals surface area (Å²) < 4.78 is 29.8. The smallest absolute Gasteiger partial charge is 0.263 e. The van der Waals surface area contributed by atoms with Crippen LogP contribution in [0.4, 0.5) is 0 Å². The average Bonchev–Trinajstić information content (AvgIpc) is 2.90. The van der Waals surface area contributed by atoms with Crippen LogP contribution in [0.25, 0.3) is 5.57 Å². The normalized spacial score (nSPS) is 20.5. The second kappa shape index (κ2) is 8.05. The van der Waals surface area contributed by atoms with Gasteiger partial charge in [-0.25, -0.2) is 8.42 Å². The van der Waals surface area contributed by atoms with E-state index in [0.717, 1.165) is 34.0 Å². The molecule has 0 aromatic heterocycles. The van der Waals surface area contributed by atoms with Crippen molar-refractivity contribution in [3.8, 4) is 0 Å². The van der Waals surface area contributed by atoms with Gasteiger partial charge in [0.1, 0.15) is 0 Å². The van der Waals surface area contributed by atoms with Gasteiger partial charge in [0.25, 0.3) is 10.0 Å². The van der Waals surface area contributed by atoms with Crippen LogP contribution in [0, 0.1) is 6.92 Å². The van der Waals surface area contributed by atoms with Crippen molar-refractivity contribution in [3.63, 3.8) is 0 Å². The summed E-state index contributed by atoms with van der Waals surface area (Å²) in [6.45, 7) is 2.36. The lowest BCUT2D eigenvalue weighted by Gasteiger charge is -2.47. The summed E-state index contributed by atoms with van der Waals surface area (Å²) >= 11 is 3.52. The lowest BCUT2D eigenvalue weighted by Crippen LogP contribution is -2.47. The topological polar surface area (TPSA) is 37.4 Å². The molecule has 0 N–H and O–H groups in total. The fourth-order valence-electron chi connectivity index (χ4n) is 4.77. The van der Waals surface area contributed by atoms with E-state index in [1.807, 2.05) is 55.5 Å². The van der Waals surface area contributed by atoms with Gasteiger partial charge < -0.3 is 0 Å². The molecule has 1 atom stereocenters. The third-order valence-electron chi connectivity index (χ3n) is 6.65.